The van der Waals surface area contributed by atoms with Gasteiger partial charge in [-0.05, 0) is 46.5 Å². The number of methoxy groups -OCH3 is 1. The van der Waals surface area contributed by atoms with E-state index in [0.717, 1.165) is 29.9 Å². The van der Waals surface area contributed by atoms with Crippen molar-refractivity contribution >= 4 is 15.9 Å². The Morgan fingerprint density at radius 1 is 1.25 bits per heavy atom. The van der Waals surface area contributed by atoms with Crippen LogP contribution in [0, 0.1) is 0 Å². The molecule has 1 aromatic carbocycles. The summed E-state index contributed by atoms with van der Waals surface area (Å²) in [5.41, 5.74) is 1.25. The minimum atomic E-state index is 0.501. The SMILES string of the molecule is COc1ccc(CNCCOC2CCCCC2)cc1Br. The molecule has 4 heteroatoms. The maximum Gasteiger partial charge on any atom is 0.133 e. The highest BCUT2D eigenvalue weighted by atomic mass is 79.9. The van der Waals surface area contributed by atoms with Crippen molar-refractivity contribution < 1.29 is 9.47 Å². The summed E-state index contributed by atoms with van der Waals surface area (Å²) >= 11 is 3.50. The van der Waals surface area contributed by atoms with Crippen LogP contribution in [0.3, 0.4) is 0 Å². The van der Waals surface area contributed by atoms with Gasteiger partial charge in [0.25, 0.3) is 0 Å². The second kappa shape index (κ2) is 8.65. The lowest BCUT2D eigenvalue weighted by Gasteiger charge is -2.22. The van der Waals surface area contributed by atoms with Crippen molar-refractivity contribution in [2.75, 3.05) is 20.3 Å². The molecule has 3 nitrogen and oxygen atoms in total. The summed E-state index contributed by atoms with van der Waals surface area (Å²) in [5.74, 6) is 0.870. The number of nitrogens with one attached hydrogen (secondary N) is 1. The molecule has 20 heavy (non-hydrogen) atoms. The number of rotatable bonds is 7. The van der Waals surface area contributed by atoms with Crippen LogP contribution in [-0.2, 0) is 11.3 Å². The highest BCUT2D eigenvalue weighted by molar-refractivity contribution is 9.10. The number of ether oxygens (including phenoxy) is 2. The Bertz CT molecular complexity index is 405. The minimum Gasteiger partial charge on any atom is -0.496 e. The highest BCUT2D eigenvalue weighted by Crippen LogP contribution is 2.25. The van der Waals surface area contributed by atoms with E-state index < -0.39 is 0 Å². The van der Waals surface area contributed by atoms with Gasteiger partial charge in [-0.1, -0.05) is 25.3 Å². The molecule has 1 aliphatic rings. The van der Waals surface area contributed by atoms with E-state index in [-0.39, 0.29) is 0 Å². The third-order valence-electron chi connectivity index (χ3n) is 3.73. The fourth-order valence-electron chi connectivity index (χ4n) is 2.58. The Kier molecular flexibility index (Phi) is 6.83. The van der Waals surface area contributed by atoms with Crippen LogP contribution in [-0.4, -0.2) is 26.4 Å². The van der Waals surface area contributed by atoms with Gasteiger partial charge in [0.15, 0.2) is 0 Å². The van der Waals surface area contributed by atoms with Gasteiger partial charge < -0.3 is 14.8 Å². The predicted molar refractivity (Wildman–Crippen MR) is 85.2 cm³/mol. The van der Waals surface area contributed by atoms with Crippen LogP contribution in [0.2, 0.25) is 0 Å². The Labute approximate surface area is 130 Å². The first-order valence-electron chi connectivity index (χ1n) is 7.44. The lowest BCUT2D eigenvalue weighted by molar-refractivity contribution is 0.0302. The Morgan fingerprint density at radius 2 is 2.05 bits per heavy atom. The van der Waals surface area contributed by atoms with Crippen LogP contribution >= 0.6 is 15.9 Å². The maximum atomic E-state index is 5.89. The zero-order valence-corrected chi connectivity index (χ0v) is 13.7. The van der Waals surface area contributed by atoms with E-state index in [2.05, 4.69) is 33.4 Å². The molecule has 0 atom stereocenters. The van der Waals surface area contributed by atoms with E-state index in [1.165, 1.54) is 37.7 Å². The van der Waals surface area contributed by atoms with Gasteiger partial charge in [-0.2, -0.15) is 0 Å². The highest BCUT2D eigenvalue weighted by Gasteiger charge is 2.12. The summed E-state index contributed by atoms with van der Waals surface area (Å²) in [6.07, 6.45) is 7.03. The monoisotopic (exact) mass is 341 g/mol. The zero-order valence-electron chi connectivity index (χ0n) is 12.2. The van der Waals surface area contributed by atoms with Crippen LogP contribution in [0.1, 0.15) is 37.7 Å². The van der Waals surface area contributed by atoms with Crippen LogP contribution in [0.4, 0.5) is 0 Å². The second-order valence-corrected chi connectivity index (χ2v) is 6.13. The van der Waals surface area contributed by atoms with Gasteiger partial charge in [-0.25, -0.2) is 0 Å². The van der Waals surface area contributed by atoms with Gasteiger partial charge in [-0.3, -0.25) is 0 Å². The summed E-state index contributed by atoms with van der Waals surface area (Å²) < 4.78 is 12.1. The Hall–Kier alpha value is -0.580. The van der Waals surface area contributed by atoms with Crippen molar-refractivity contribution in [1.82, 2.24) is 5.32 Å². The standard InChI is InChI=1S/C16H24BrNO2/c1-19-16-8-7-13(11-15(16)17)12-18-9-10-20-14-5-3-2-4-6-14/h7-8,11,14,18H,2-6,9-10,12H2,1H3. The smallest absolute Gasteiger partial charge is 0.133 e. The van der Waals surface area contributed by atoms with E-state index >= 15 is 0 Å². The van der Waals surface area contributed by atoms with Gasteiger partial charge in [0.05, 0.1) is 24.3 Å². The fourth-order valence-corrected chi connectivity index (χ4v) is 3.17. The van der Waals surface area contributed by atoms with Crippen LogP contribution < -0.4 is 10.1 Å². The number of hydrogen-bond acceptors (Lipinski definition) is 3. The van der Waals surface area contributed by atoms with Crippen molar-refractivity contribution in [3.8, 4) is 5.75 Å². The van der Waals surface area contributed by atoms with Gasteiger partial charge in [0.1, 0.15) is 5.75 Å². The van der Waals surface area contributed by atoms with Gasteiger partial charge >= 0.3 is 0 Å². The van der Waals surface area contributed by atoms with Crippen molar-refractivity contribution in [2.24, 2.45) is 0 Å². The molecule has 112 valence electrons. The first kappa shape index (κ1) is 15.8. The van der Waals surface area contributed by atoms with Gasteiger partial charge in [-0.15, -0.1) is 0 Å². The zero-order chi connectivity index (χ0) is 14.2. The van der Waals surface area contributed by atoms with Gasteiger partial charge in [0.2, 0.25) is 0 Å². The summed E-state index contributed by atoms with van der Waals surface area (Å²) in [7, 11) is 1.68. The molecule has 0 bridgehead atoms. The fraction of sp³-hybridized carbons (Fsp3) is 0.625. The lowest BCUT2D eigenvalue weighted by Crippen LogP contribution is -2.24. The average Bonchev–Trinajstić information content (AvgIpc) is 2.48. The molecular formula is C16H24BrNO2. The summed E-state index contributed by atoms with van der Waals surface area (Å²) in [4.78, 5) is 0. The molecule has 1 aromatic rings. The van der Waals surface area contributed by atoms with E-state index in [1.54, 1.807) is 7.11 Å². The molecule has 0 aliphatic heterocycles. The Morgan fingerprint density at radius 3 is 2.75 bits per heavy atom. The molecule has 0 spiro atoms. The van der Waals surface area contributed by atoms with E-state index in [4.69, 9.17) is 9.47 Å². The minimum absolute atomic E-state index is 0.501. The predicted octanol–water partition coefficient (Wildman–Crippen LogP) is 3.90. The summed E-state index contributed by atoms with van der Waals surface area (Å²) in [6.45, 7) is 2.57. The second-order valence-electron chi connectivity index (χ2n) is 5.28. The molecule has 0 radical (unpaired) electrons. The lowest BCUT2D eigenvalue weighted by atomic mass is 9.98. The van der Waals surface area contributed by atoms with E-state index in [0.29, 0.717) is 6.10 Å². The first-order valence-corrected chi connectivity index (χ1v) is 8.23. The van der Waals surface area contributed by atoms with Crippen LogP contribution in [0.5, 0.6) is 5.75 Å². The number of benzene rings is 1. The molecule has 0 amide bonds. The van der Waals surface area contributed by atoms with E-state index in [1.807, 2.05) is 6.07 Å². The molecule has 1 fully saturated rings. The van der Waals surface area contributed by atoms with Crippen molar-refractivity contribution in [3.05, 3.63) is 28.2 Å². The van der Waals surface area contributed by atoms with Crippen LogP contribution in [0.25, 0.3) is 0 Å². The molecule has 1 N–H and O–H groups in total. The maximum absolute atomic E-state index is 5.89. The molecular weight excluding hydrogens is 318 g/mol. The van der Waals surface area contributed by atoms with Gasteiger partial charge in [0, 0.05) is 13.1 Å². The molecule has 0 unspecified atom stereocenters. The first-order chi connectivity index (χ1) is 9.79. The number of halogens is 1. The van der Waals surface area contributed by atoms with Crippen molar-refractivity contribution in [1.29, 1.82) is 0 Å². The molecule has 1 aliphatic carbocycles. The van der Waals surface area contributed by atoms with E-state index in [9.17, 15) is 0 Å². The Balaban J connectivity index is 1.61. The molecule has 1 saturated carbocycles. The largest absolute Gasteiger partial charge is 0.496 e. The normalized spacial score (nSPS) is 16.3. The molecule has 0 aromatic heterocycles. The molecule has 2 rings (SSSR count). The molecule has 0 saturated heterocycles. The molecule has 0 heterocycles. The van der Waals surface area contributed by atoms with Crippen molar-refractivity contribution in [3.63, 3.8) is 0 Å². The summed E-state index contributed by atoms with van der Waals surface area (Å²) in [6, 6.07) is 6.16. The third-order valence-corrected chi connectivity index (χ3v) is 4.35. The topological polar surface area (TPSA) is 30.5 Å². The average molecular weight is 342 g/mol. The quantitative estimate of drug-likeness (QED) is 0.763. The third kappa shape index (κ3) is 5.08. The number of hydrogen-bond donors (Lipinski definition) is 1. The van der Waals surface area contributed by atoms with Crippen molar-refractivity contribution in [2.45, 2.75) is 44.8 Å². The van der Waals surface area contributed by atoms with Crippen LogP contribution in [0.15, 0.2) is 22.7 Å². The summed E-state index contributed by atoms with van der Waals surface area (Å²) in [5, 5.41) is 3.42.